The van der Waals surface area contributed by atoms with Crippen molar-refractivity contribution < 1.29 is 9.53 Å². The number of fused-ring (bicyclic) bond motifs is 1. The number of anilines is 1. The minimum atomic E-state index is -0.865. The van der Waals surface area contributed by atoms with Crippen molar-refractivity contribution in [3.8, 4) is 0 Å². The molecule has 1 aliphatic heterocycles. The van der Waals surface area contributed by atoms with E-state index in [1.807, 2.05) is 44.4 Å². The highest BCUT2D eigenvalue weighted by Crippen LogP contribution is 2.57. The molecule has 22 heavy (non-hydrogen) atoms. The number of hydrogen-bond donors (Lipinski definition) is 2. The van der Waals surface area contributed by atoms with Crippen LogP contribution in [-0.4, -0.2) is 30.4 Å². The maximum absolute atomic E-state index is 12.8. The van der Waals surface area contributed by atoms with Gasteiger partial charge in [-0.15, -0.1) is 11.8 Å². The van der Waals surface area contributed by atoms with Crippen molar-refractivity contribution in [2.75, 3.05) is 18.2 Å². The van der Waals surface area contributed by atoms with Gasteiger partial charge in [0.2, 0.25) is 5.91 Å². The molecule has 2 fully saturated rings. The van der Waals surface area contributed by atoms with Crippen molar-refractivity contribution >= 4 is 23.4 Å². The summed E-state index contributed by atoms with van der Waals surface area (Å²) in [4.78, 5) is 14.0. The monoisotopic (exact) mass is 320 g/mol. The van der Waals surface area contributed by atoms with Gasteiger partial charge in [-0.1, -0.05) is 13.8 Å². The second-order valence-corrected chi connectivity index (χ2v) is 7.69. The second-order valence-electron chi connectivity index (χ2n) is 6.81. The van der Waals surface area contributed by atoms with E-state index in [-0.39, 0.29) is 23.3 Å². The highest BCUT2D eigenvalue weighted by Gasteiger charge is 2.70. The molecule has 0 radical (unpaired) electrons. The van der Waals surface area contributed by atoms with Gasteiger partial charge < -0.3 is 15.8 Å². The summed E-state index contributed by atoms with van der Waals surface area (Å²) < 4.78 is 5.86. The third kappa shape index (κ3) is 2.18. The summed E-state index contributed by atoms with van der Waals surface area (Å²) in [5, 5.41) is 3.00. The van der Waals surface area contributed by atoms with Gasteiger partial charge in [-0.05, 0) is 43.4 Å². The Morgan fingerprint density at radius 3 is 2.68 bits per heavy atom. The van der Waals surface area contributed by atoms with E-state index in [4.69, 9.17) is 10.5 Å². The minimum Gasteiger partial charge on any atom is -0.377 e. The number of amides is 1. The second kappa shape index (κ2) is 5.55. The molecule has 0 bridgehead atoms. The average molecular weight is 320 g/mol. The highest BCUT2D eigenvalue weighted by atomic mass is 32.2. The molecular formula is C17H24N2O2S. The number of nitrogens with one attached hydrogen (secondary N) is 1. The van der Waals surface area contributed by atoms with Crippen LogP contribution in [0.3, 0.4) is 0 Å². The molecular weight excluding hydrogens is 296 g/mol. The molecule has 3 atom stereocenters. The SMILES string of the molecule is CSc1ccc(NC(=O)C2(N)C3CCCOC3C2(C)C)cc1. The van der Waals surface area contributed by atoms with Gasteiger partial charge in [0.1, 0.15) is 5.54 Å². The van der Waals surface area contributed by atoms with Crippen LogP contribution < -0.4 is 11.1 Å². The number of carbonyl (C=O) groups excluding carboxylic acids is 1. The lowest BCUT2D eigenvalue weighted by Gasteiger charge is -2.65. The molecule has 3 rings (SSSR count). The molecule has 4 nitrogen and oxygen atoms in total. The van der Waals surface area contributed by atoms with Crippen molar-refractivity contribution in [3.63, 3.8) is 0 Å². The first-order valence-electron chi connectivity index (χ1n) is 7.77. The van der Waals surface area contributed by atoms with E-state index >= 15 is 0 Å². The van der Waals surface area contributed by atoms with Crippen LogP contribution in [-0.2, 0) is 9.53 Å². The maximum atomic E-state index is 12.8. The van der Waals surface area contributed by atoms with Gasteiger partial charge in [-0.3, -0.25) is 4.79 Å². The van der Waals surface area contributed by atoms with Crippen molar-refractivity contribution in [2.24, 2.45) is 17.1 Å². The Kier molecular flexibility index (Phi) is 4.00. The molecule has 120 valence electrons. The fourth-order valence-corrected chi connectivity index (χ4v) is 4.35. The fraction of sp³-hybridized carbons (Fsp3) is 0.588. The van der Waals surface area contributed by atoms with Crippen LogP contribution in [0.2, 0.25) is 0 Å². The van der Waals surface area contributed by atoms with Gasteiger partial charge in [0, 0.05) is 28.5 Å². The van der Waals surface area contributed by atoms with Crippen LogP contribution in [0.25, 0.3) is 0 Å². The maximum Gasteiger partial charge on any atom is 0.245 e. The van der Waals surface area contributed by atoms with E-state index in [0.717, 1.165) is 25.1 Å². The summed E-state index contributed by atoms with van der Waals surface area (Å²) in [7, 11) is 0. The normalized spacial score (nSPS) is 32.7. The van der Waals surface area contributed by atoms with E-state index in [2.05, 4.69) is 5.32 Å². The molecule has 1 saturated carbocycles. The first-order valence-corrected chi connectivity index (χ1v) is 8.99. The summed E-state index contributed by atoms with van der Waals surface area (Å²) in [6, 6.07) is 7.85. The molecule has 1 heterocycles. The number of ether oxygens (including phenoxy) is 1. The predicted octanol–water partition coefficient (Wildman–Crippen LogP) is 2.88. The molecule has 3 unspecified atom stereocenters. The van der Waals surface area contributed by atoms with E-state index < -0.39 is 5.54 Å². The Labute approximate surface area is 136 Å². The highest BCUT2D eigenvalue weighted by molar-refractivity contribution is 7.98. The van der Waals surface area contributed by atoms with Crippen molar-refractivity contribution in [1.29, 1.82) is 0 Å². The Bertz CT molecular complexity index is 573. The first kappa shape index (κ1) is 15.8. The number of nitrogens with two attached hydrogens (primary N) is 1. The molecule has 3 N–H and O–H groups in total. The summed E-state index contributed by atoms with van der Waals surface area (Å²) >= 11 is 1.68. The summed E-state index contributed by atoms with van der Waals surface area (Å²) in [6.07, 6.45) is 4.06. The molecule has 2 aliphatic rings. The predicted molar refractivity (Wildman–Crippen MR) is 90.0 cm³/mol. The van der Waals surface area contributed by atoms with Gasteiger partial charge in [0.25, 0.3) is 0 Å². The zero-order chi connectivity index (χ0) is 16.0. The molecule has 1 saturated heterocycles. The molecule has 1 aromatic carbocycles. The van der Waals surface area contributed by atoms with Gasteiger partial charge in [-0.2, -0.15) is 0 Å². The molecule has 5 heteroatoms. The Morgan fingerprint density at radius 1 is 1.36 bits per heavy atom. The molecule has 1 aromatic rings. The molecule has 1 aliphatic carbocycles. The van der Waals surface area contributed by atoms with Crippen LogP contribution >= 0.6 is 11.8 Å². The van der Waals surface area contributed by atoms with Gasteiger partial charge >= 0.3 is 0 Å². The van der Waals surface area contributed by atoms with E-state index in [1.54, 1.807) is 11.8 Å². The Hall–Kier alpha value is -1.04. The van der Waals surface area contributed by atoms with E-state index in [1.165, 1.54) is 4.90 Å². The van der Waals surface area contributed by atoms with Gasteiger partial charge in [0.05, 0.1) is 6.10 Å². The molecule has 0 aromatic heterocycles. The standard InChI is InChI=1S/C17H24N2O2S/c1-16(2)14-13(5-4-10-21-14)17(16,18)15(20)19-11-6-8-12(22-3)9-7-11/h6-9,13-14H,4-5,10,18H2,1-3H3,(H,19,20). The number of benzene rings is 1. The fourth-order valence-electron chi connectivity index (χ4n) is 3.95. The summed E-state index contributed by atoms with van der Waals surface area (Å²) in [6.45, 7) is 4.85. The number of carbonyl (C=O) groups is 1. The zero-order valence-corrected chi connectivity index (χ0v) is 14.2. The lowest BCUT2D eigenvalue weighted by Crippen LogP contribution is -2.81. The zero-order valence-electron chi connectivity index (χ0n) is 13.4. The van der Waals surface area contributed by atoms with Gasteiger partial charge in [0.15, 0.2) is 0 Å². The van der Waals surface area contributed by atoms with Crippen LogP contribution in [0.15, 0.2) is 29.2 Å². The van der Waals surface area contributed by atoms with E-state index in [0.29, 0.717) is 0 Å². The quantitative estimate of drug-likeness (QED) is 0.841. The number of thioether (sulfide) groups is 1. The minimum absolute atomic E-state index is 0.0934. The molecule has 0 spiro atoms. The Morgan fingerprint density at radius 2 is 2.05 bits per heavy atom. The van der Waals surface area contributed by atoms with Crippen LogP contribution in [0.5, 0.6) is 0 Å². The molecule has 1 amide bonds. The number of rotatable bonds is 3. The largest absolute Gasteiger partial charge is 0.377 e. The Balaban J connectivity index is 1.78. The van der Waals surface area contributed by atoms with Crippen molar-refractivity contribution in [1.82, 2.24) is 0 Å². The topological polar surface area (TPSA) is 64.4 Å². The average Bonchev–Trinajstić information content (AvgIpc) is 2.54. The first-order chi connectivity index (χ1) is 10.4. The van der Waals surface area contributed by atoms with Crippen molar-refractivity contribution in [3.05, 3.63) is 24.3 Å². The third-order valence-corrected chi connectivity index (χ3v) is 6.15. The lowest BCUT2D eigenvalue weighted by molar-refractivity contribution is -0.222. The lowest BCUT2D eigenvalue weighted by atomic mass is 9.46. The van der Waals surface area contributed by atoms with Crippen LogP contribution in [0.1, 0.15) is 26.7 Å². The summed E-state index contributed by atoms with van der Waals surface area (Å²) in [5.74, 6) is 0.0165. The van der Waals surface area contributed by atoms with Crippen LogP contribution in [0, 0.1) is 11.3 Å². The van der Waals surface area contributed by atoms with Gasteiger partial charge in [-0.25, -0.2) is 0 Å². The summed E-state index contributed by atoms with van der Waals surface area (Å²) in [5.41, 5.74) is 6.17. The third-order valence-electron chi connectivity index (χ3n) is 5.41. The van der Waals surface area contributed by atoms with Crippen molar-refractivity contribution in [2.45, 2.75) is 43.2 Å². The van der Waals surface area contributed by atoms with Crippen LogP contribution in [0.4, 0.5) is 5.69 Å². The van der Waals surface area contributed by atoms with E-state index in [9.17, 15) is 4.79 Å². The smallest absolute Gasteiger partial charge is 0.245 e. The number of hydrogen-bond acceptors (Lipinski definition) is 4.